The van der Waals surface area contributed by atoms with Crippen LogP contribution in [0.1, 0.15) is 12.0 Å². The summed E-state index contributed by atoms with van der Waals surface area (Å²) in [5.74, 6) is -2.11. The van der Waals surface area contributed by atoms with Crippen LogP contribution in [0.5, 0.6) is 11.5 Å². The zero-order valence-corrected chi connectivity index (χ0v) is 10.9. The van der Waals surface area contributed by atoms with Gasteiger partial charge < -0.3 is 24.8 Å². The topological polar surface area (TPSA) is 113 Å². The highest BCUT2D eigenvalue weighted by molar-refractivity contribution is 5.81. The van der Waals surface area contributed by atoms with Gasteiger partial charge in [-0.3, -0.25) is 4.79 Å². The molecule has 1 atom stereocenters. The lowest BCUT2D eigenvalue weighted by atomic mass is 10.1. The van der Waals surface area contributed by atoms with Gasteiger partial charge >= 0.3 is 11.9 Å². The van der Waals surface area contributed by atoms with Crippen molar-refractivity contribution in [3.8, 4) is 11.5 Å². The summed E-state index contributed by atoms with van der Waals surface area (Å²) in [5.41, 5.74) is 0.668. The molecule has 7 heteroatoms. The van der Waals surface area contributed by atoms with Gasteiger partial charge in [-0.2, -0.15) is 0 Å². The maximum Gasteiger partial charge on any atom is 0.335 e. The minimum absolute atomic E-state index is 0.0247. The van der Waals surface area contributed by atoms with Crippen molar-refractivity contribution in [1.29, 1.82) is 0 Å². The average Bonchev–Trinajstić information content (AvgIpc) is 2.41. The molecule has 0 spiro atoms. The Balaban J connectivity index is 2.35. The minimum Gasteiger partial charge on any atom is -0.504 e. The van der Waals surface area contributed by atoms with Crippen molar-refractivity contribution in [3.05, 3.63) is 23.8 Å². The molecule has 1 aromatic carbocycles. The van der Waals surface area contributed by atoms with Gasteiger partial charge in [-0.25, -0.2) is 4.79 Å². The first-order valence-electron chi connectivity index (χ1n) is 5.86. The zero-order chi connectivity index (χ0) is 15.1. The Hall–Kier alpha value is -2.28. The predicted molar refractivity (Wildman–Crippen MR) is 67.1 cm³/mol. The predicted octanol–water partition coefficient (Wildman–Crippen LogP) is 0.107. The number of carbonyl (C=O) groups excluding carboxylic acids is 2. The van der Waals surface area contributed by atoms with Crippen LogP contribution in [-0.2, 0) is 25.5 Å². The van der Waals surface area contributed by atoms with Crippen LogP contribution in [0.2, 0.25) is 0 Å². The number of carbonyl (C=O) groups is 2. The van der Waals surface area contributed by atoms with Crippen molar-refractivity contribution in [2.24, 2.45) is 0 Å². The van der Waals surface area contributed by atoms with Gasteiger partial charge in [0.25, 0.3) is 0 Å². The highest BCUT2D eigenvalue weighted by Crippen LogP contribution is 2.24. The molecule has 20 heavy (non-hydrogen) atoms. The third-order valence-electron chi connectivity index (χ3n) is 2.53. The summed E-state index contributed by atoms with van der Waals surface area (Å²) in [6.07, 6.45) is -1.69. The molecule has 0 aliphatic carbocycles. The number of aliphatic hydroxyl groups is 1. The molecule has 1 rings (SSSR count). The number of rotatable bonds is 6. The number of phenolic OH excluding ortho intramolecular Hbond substituents is 2. The summed E-state index contributed by atoms with van der Waals surface area (Å²) in [6.45, 7) is 0.0247. The fourth-order valence-electron chi connectivity index (χ4n) is 1.44. The van der Waals surface area contributed by atoms with E-state index in [1.54, 1.807) is 6.07 Å². The Morgan fingerprint density at radius 2 is 1.95 bits per heavy atom. The Morgan fingerprint density at radius 1 is 1.25 bits per heavy atom. The molecule has 0 fully saturated rings. The third kappa shape index (κ3) is 4.77. The number of aliphatic hydroxyl groups excluding tert-OH is 1. The van der Waals surface area contributed by atoms with E-state index in [0.29, 0.717) is 12.0 Å². The number of methoxy groups -OCH3 is 1. The monoisotopic (exact) mass is 284 g/mol. The first kappa shape index (κ1) is 15.8. The Bertz CT molecular complexity index is 484. The van der Waals surface area contributed by atoms with E-state index in [4.69, 9.17) is 9.84 Å². The van der Waals surface area contributed by atoms with Gasteiger partial charge in [-0.15, -0.1) is 0 Å². The van der Waals surface area contributed by atoms with Crippen LogP contribution < -0.4 is 0 Å². The lowest BCUT2D eigenvalue weighted by Gasteiger charge is -2.09. The van der Waals surface area contributed by atoms with E-state index in [0.717, 1.165) is 7.11 Å². The van der Waals surface area contributed by atoms with E-state index in [1.807, 2.05) is 0 Å². The van der Waals surface area contributed by atoms with E-state index in [9.17, 15) is 19.8 Å². The molecule has 0 unspecified atom stereocenters. The molecule has 0 bridgehead atoms. The van der Waals surface area contributed by atoms with Crippen LogP contribution in [0.3, 0.4) is 0 Å². The summed E-state index contributed by atoms with van der Waals surface area (Å²) in [6, 6.07) is 4.26. The van der Waals surface area contributed by atoms with E-state index in [2.05, 4.69) is 4.74 Å². The maximum atomic E-state index is 11.3. The quantitative estimate of drug-likeness (QED) is 0.501. The molecule has 0 saturated heterocycles. The Kier molecular flexibility index (Phi) is 5.79. The normalized spacial score (nSPS) is 11.7. The van der Waals surface area contributed by atoms with Crippen molar-refractivity contribution in [2.45, 2.75) is 18.9 Å². The van der Waals surface area contributed by atoms with Gasteiger partial charge in [-0.1, -0.05) is 6.07 Å². The lowest BCUT2D eigenvalue weighted by molar-refractivity contribution is -0.157. The van der Waals surface area contributed by atoms with E-state index >= 15 is 0 Å². The standard InChI is InChI=1S/C13H16O7/c1-19-13(18)11(16)7-12(17)20-5-4-8-2-3-9(14)10(15)6-8/h2-3,6,11,14-16H,4-5,7H2,1H3/t11-/m0/s1. The molecule has 0 aliphatic heterocycles. The average molecular weight is 284 g/mol. The minimum atomic E-state index is -1.54. The molecule has 0 radical (unpaired) electrons. The smallest absolute Gasteiger partial charge is 0.335 e. The van der Waals surface area contributed by atoms with Crippen molar-refractivity contribution in [3.63, 3.8) is 0 Å². The molecule has 0 amide bonds. The van der Waals surface area contributed by atoms with Crippen LogP contribution >= 0.6 is 0 Å². The van der Waals surface area contributed by atoms with Crippen molar-refractivity contribution in [1.82, 2.24) is 0 Å². The zero-order valence-electron chi connectivity index (χ0n) is 10.9. The summed E-state index contributed by atoms with van der Waals surface area (Å²) >= 11 is 0. The first-order chi connectivity index (χ1) is 9.43. The lowest BCUT2D eigenvalue weighted by Crippen LogP contribution is -2.26. The molecule has 7 nitrogen and oxygen atoms in total. The molecule has 0 aliphatic rings. The SMILES string of the molecule is COC(=O)[C@@H](O)CC(=O)OCCc1ccc(O)c(O)c1. The molecule has 1 aromatic rings. The maximum absolute atomic E-state index is 11.3. The second kappa shape index (κ2) is 7.34. The molecular formula is C13H16O7. The van der Waals surface area contributed by atoms with Crippen LogP contribution in [0.4, 0.5) is 0 Å². The molecular weight excluding hydrogens is 268 g/mol. The van der Waals surface area contributed by atoms with Gasteiger partial charge in [0, 0.05) is 6.42 Å². The van der Waals surface area contributed by atoms with Crippen LogP contribution in [0.15, 0.2) is 18.2 Å². The number of phenols is 2. The number of esters is 2. The van der Waals surface area contributed by atoms with Gasteiger partial charge in [0.05, 0.1) is 20.1 Å². The second-order valence-corrected chi connectivity index (χ2v) is 4.04. The van der Waals surface area contributed by atoms with Crippen LogP contribution in [0.25, 0.3) is 0 Å². The number of benzene rings is 1. The van der Waals surface area contributed by atoms with Gasteiger partial charge in [0.1, 0.15) is 0 Å². The van der Waals surface area contributed by atoms with Gasteiger partial charge in [0.15, 0.2) is 17.6 Å². The fraction of sp³-hybridized carbons (Fsp3) is 0.385. The van der Waals surface area contributed by atoms with E-state index in [-0.39, 0.29) is 18.1 Å². The highest BCUT2D eigenvalue weighted by Gasteiger charge is 2.20. The van der Waals surface area contributed by atoms with Crippen molar-refractivity contribution in [2.75, 3.05) is 13.7 Å². The summed E-state index contributed by atoms with van der Waals surface area (Å²) in [7, 11) is 1.11. The van der Waals surface area contributed by atoms with Gasteiger partial charge in [-0.05, 0) is 17.7 Å². The molecule has 0 heterocycles. The Labute approximate surface area is 115 Å². The number of hydrogen-bond donors (Lipinski definition) is 3. The van der Waals surface area contributed by atoms with E-state index in [1.165, 1.54) is 12.1 Å². The summed E-state index contributed by atoms with van der Waals surface area (Å²) in [5, 5.41) is 27.6. The largest absolute Gasteiger partial charge is 0.504 e. The number of aromatic hydroxyl groups is 2. The number of hydrogen-bond acceptors (Lipinski definition) is 7. The summed E-state index contributed by atoms with van der Waals surface area (Å²) < 4.78 is 9.09. The van der Waals surface area contributed by atoms with Crippen LogP contribution in [-0.4, -0.2) is 47.1 Å². The van der Waals surface area contributed by atoms with Gasteiger partial charge in [0.2, 0.25) is 0 Å². The molecule has 3 N–H and O–H groups in total. The molecule has 0 aromatic heterocycles. The first-order valence-corrected chi connectivity index (χ1v) is 5.86. The molecule has 0 saturated carbocycles. The molecule has 110 valence electrons. The van der Waals surface area contributed by atoms with Crippen molar-refractivity contribution < 1.29 is 34.4 Å². The third-order valence-corrected chi connectivity index (χ3v) is 2.53. The van der Waals surface area contributed by atoms with Crippen LogP contribution in [0, 0.1) is 0 Å². The second-order valence-electron chi connectivity index (χ2n) is 4.04. The van der Waals surface area contributed by atoms with Crippen molar-refractivity contribution >= 4 is 11.9 Å². The highest BCUT2D eigenvalue weighted by atomic mass is 16.5. The Morgan fingerprint density at radius 3 is 2.55 bits per heavy atom. The summed E-state index contributed by atoms with van der Waals surface area (Å²) in [4.78, 5) is 22.2. The van der Waals surface area contributed by atoms with E-state index < -0.39 is 24.5 Å². The fourth-order valence-corrected chi connectivity index (χ4v) is 1.44. The number of ether oxygens (including phenoxy) is 2.